The first-order valence-corrected chi connectivity index (χ1v) is 7.30. The van der Waals surface area contributed by atoms with Crippen LogP contribution in [0.3, 0.4) is 0 Å². The Bertz CT molecular complexity index is 558. The third kappa shape index (κ3) is 3.88. The molecule has 0 radical (unpaired) electrons. The number of carbonyl (C=O) groups excluding carboxylic acids is 1. The van der Waals surface area contributed by atoms with E-state index in [1.807, 2.05) is 12.1 Å². The lowest BCUT2D eigenvalue weighted by Crippen LogP contribution is -2.23. The van der Waals surface area contributed by atoms with Crippen molar-refractivity contribution in [2.75, 3.05) is 32.1 Å². The molecule has 0 aliphatic carbocycles. The van der Waals surface area contributed by atoms with E-state index in [-0.39, 0.29) is 11.5 Å². The minimum atomic E-state index is -0.315. The predicted molar refractivity (Wildman–Crippen MR) is 81.7 cm³/mol. The molecule has 5 nitrogen and oxygen atoms in total. The Balaban J connectivity index is 2.15. The number of anilines is 1. The van der Waals surface area contributed by atoms with Crippen LogP contribution in [0.1, 0.15) is 31.4 Å². The molecule has 1 saturated heterocycles. The smallest absolute Gasteiger partial charge is 0.264 e. The minimum Gasteiger partial charge on any atom is -0.441 e. The lowest BCUT2D eigenvalue weighted by Gasteiger charge is -2.18. The van der Waals surface area contributed by atoms with Crippen LogP contribution in [-0.4, -0.2) is 38.0 Å². The molecule has 1 aromatic heterocycles. The van der Waals surface area contributed by atoms with Crippen molar-refractivity contribution in [2.45, 2.75) is 25.7 Å². The second kappa shape index (κ2) is 6.98. The summed E-state index contributed by atoms with van der Waals surface area (Å²) in [4.78, 5) is 15.4. The Morgan fingerprint density at radius 3 is 2.52 bits per heavy atom. The number of rotatable bonds is 3. The fraction of sp³-hybridized carbons (Fsp3) is 0.500. The lowest BCUT2D eigenvalue weighted by atomic mass is 10.2. The summed E-state index contributed by atoms with van der Waals surface area (Å²) in [5.41, 5.74) is 0.0803. The number of likely N-dealkylation sites (N-methyl/N-ethyl adjacent to an activating group) is 1. The predicted octanol–water partition coefficient (Wildman–Crippen LogP) is 2.66. The van der Waals surface area contributed by atoms with Crippen LogP contribution in [0.2, 0.25) is 0 Å². The quantitative estimate of drug-likeness (QED) is 0.633. The molecule has 1 amide bonds. The van der Waals surface area contributed by atoms with Crippen LogP contribution in [0.4, 0.5) is 5.88 Å². The summed E-state index contributed by atoms with van der Waals surface area (Å²) < 4.78 is 5.77. The molecule has 2 rings (SSSR count). The van der Waals surface area contributed by atoms with Crippen molar-refractivity contribution < 1.29 is 9.21 Å². The van der Waals surface area contributed by atoms with Gasteiger partial charge in [0.05, 0.1) is 0 Å². The summed E-state index contributed by atoms with van der Waals surface area (Å²) in [7, 11) is 3.25. The number of hydrogen-bond donors (Lipinski definition) is 0. The second-order valence-corrected chi connectivity index (χ2v) is 5.45. The van der Waals surface area contributed by atoms with Crippen LogP contribution in [0.15, 0.2) is 22.1 Å². The Kier molecular flexibility index (Phi) is 5.04. The van der Waals surface area contributed by atoms with Crippen LogP contribution < -0.4 is 4.90 Å². The van der Waals surface area contributed by atoms with Gasteiger partial charge in [0.25, 0.3) is 5.91 Å². The molecule has 1 aromatic rings. The average Bonchev–Trinajstić information content (AvgIpc) is 2.77. The Labute approximate surface area is 125 Å². The van der Waals surface area contributed by atoms with E-state index < -0.39 is 0 Å². The SMILES string of the molecule is CN(C)C(=O)C(C#N)=Cc1ccc(N2CCCCCC2)o1. The van der Waals surface area contributed by atoms with Crippen molar-refractivity contribution in [3.63, 3.8) is 0 Å². The van der Waals surface area contributed by atoms with Gasteiger partial charge in [-0.2, -0.15) is 5.26 Å². The summed E-state index contributed by atoms with van der Waals surface area (Å²) in [6, 6.07) is 5.64. The maximum atomic E-state index is 11.8. The first-order chi connectivity index (χ1) is 10.1. The van der Waals surface area contributed by atoms with Gasteiger partial charge in [0, 0.05) is 39.3 Å². The topological polar surface area (TPSA) is 60.5 Å². The molecular formula is C16H21N3O2. The number of furan rings is 1. The molecule has 1 aliphatic rings. The maximum Gasteiger partial charge on any atom is 0.264 e. The van der Waals surface area contributed by atoms with E-state index in [2.05, 4.69) is 4.90 Å². The molecule has 0 atom stereocenters. The monoisotopic (exact) mass is 287 g/mol. The number of carbonyl (C=O) groups is 1. The number of amides is 1. The van der Waals surface area contributed by atoms with E-state index in [9.17, 15) is 4.79 Å². The summed E-state index contributed by atoms with van der Waals surface area (Å²) in [6.45, 7) is 2.00. The third-order valence-electron chi connectivity index (χ3n) is 3.57. The maximum absolute atomic E-state index is 11.8. The van der Waals surface area contributed by atoms with E-state index in [4.69, 9.17) is 9.68 Å². The van der Waals surface area contributed by atoms with Crippen LogP contribution in [0.25, 0.3) is 6.08 Å². The van der Waals surface area contributed by atoms with Crippen LogP contribution in [-0.2, 0) is 4.79 Å². The molecule has 0 bridgehead atoms. The molecule has 21 heavy (non-hydrogen) atoms. The summed E-state index contributed by atoms with van der Waals surface area (Å²) in [5.74, 6) is 1.05. The van der Waals surface area contributed by atoms with Crippen molar-refractivity contribution >= 4 is 17.9 Å². The van der Waals surface area contributed by atoms with Crippen molar-refractivity contribution in [1.29, 1.82) is 5.26 Å². The van der Waals surface area contributed by atoms with Crippen LogP contribution in [0, 0.1) is 11.3 Å². The van der Waals surface area contributed by atoms with E-state index >= 15 is 0 Å². The van der Waals surface area contributed by atoms with Gasteiger partial charge in [0.2, 0.25) is 0 Å². The van der Waals surface area contributed by atoms with Gasteiger partial charge < -0.3 is 14.2 Å². The first kappa shape index (κ1) is 15.2. The van der Waals surface area contributed by atoms with Gasteiger partial charge in [0.1, 0.15) is 17.4 Å². The average molecular weight is 287 g/mol. The van der Waals surface area contributed by atoms with Gasteiger partial charge >= 0.3 is 0 Å². The highest BCUT2D eigenvalue weighted by Gasteiger charge is 2.15. The third-order valence-corrected chi connectivity index (χ3v) is 3.57. The van der Waals surface area contributed by atoms with E-state index in [0.717, 1.165) is 19.0 Å². The number of nitrogens with zero attached hydrogens (tertiary/aromatic N) is 3. The van der Waals surface area contributed by atoms with E-state index in [1.54, 1.807) is 20.2 Å². The van der Waals surface area contributed by atoms with Crippen LogP contribution >= 0.6 is 0 Å². The fourth-order valence-corrected chi connectivity index (χ4v) is 2.41. The molecule has 2 heterocycles. The molecule has 0 unspecified atom stereocenters. The molecular weight excluding hydrogens is 266 g/mol. The van der Waals surface area contributed by atoms with Gasteiger partial charge in [-0.15, -0.1) is 0 Å². The van der Waals surface area contributed by atoms with Crippen LogP contribution in [0.5, 0.6) is 0 Å². The Morgan fingerprint density at radius 1 is 1.29 bits per heavy atom. The molecule has 0 N–H and O–H groups in total. The molecule has 0 saturated carbocycles. The number of nitriles is 1. The highest BCUT2D eigenvalue weighted by atomic mass is 16.4. The van der Waals surface area contributed by atoms with Gasteiger partial charge in [-0.1, -0.05) is 12.8 Å². The largest absolute Gasteiger partial charge is 0.441 e. The molecule has 0 aromatic carbocycles. The molecule has 1 aliphatic heterocycles. The van der Waals surface area contributed by atoms with E-state index in [1.165, 1.54) is 36.7 Å². The summed E-state index contributed by atoms with van der Waals surface area (Å²) in [6.07, 6.45) is 6.38. The molecule has 5 heteroatoms. The van der Waals surface area contributed by atoms with E-state index in [0.29, 0.717) is 5.76 Å². The highest BCUT2D eigenvalue weighted by Crippen LogP contribution is 2.23. The van der Waals surface area contributed by atoms with Crippen molar-refractivity contribution in [1.82, 2.24) is 4.90 Å². The number of hydrogen-bond acceptors (Lipinski definition) is 4. The van der Waals surface area contributed by atoms with Gasteiger partial charge in [-0.3, -0.25) is 4.79 Å². The zero-order valence-electron chi connectivity index (χ0n) is 12.6. The van der Waals surface area contributed by atoms with Gasteiger partial charge in [-0.05, 0) is 18.9 Å². The van der Waals surface area contributed by atoms with Crippen molar-refractivity contribution in [3.05, 3.63) is 23.5 Å². The fourth-order valence-electron chi connectivity index (χ4n) is 2.41. The first-order valence-electron chi connectivity index (χ1n) is 7.30. The summed E-state index contributed by atoms with van der Waals surface area (Å²) in [5, 5.41) is 9.08. The summed E-state index contributed by atoms with van der Waals surface area (Å²) >= 11 is 0. The Morgan fingerprint density at radius 2 is 1.95 bits per heavy atom. The zero-order valence-corrected chi connectivity index (χ0v) is 12.6. The second-order valence-electron chi connectivity index (χ2n) is 5.45. The molecule has 112 valence electrons. The van der Waals surface area contributed by atoms with Crippen molar-refractivity contribution in [3.8, 4) is 6.07 Å². The lowest BCUT2D eigenvalue weighted by molar-refractivity contribution is -0.124. The highest BCUT2D eigenvalue weighted by molar-refractivity contribution is 6.01. The van der Waals surface area contributed by atoms with Crippen molar-refractivity contribution in [2.24, 2.45) is 0 Å². The Hall–Kier alpha value is -2.22. The normalized spacial score (nSPS) is 16.2. The molecule has 1 fully saturated rings. The standard InChI is InChI=1S/C16H21N3O2/c1-18(2)16(20)13(12-17)11-14-7-8-15(21-14)19-9-5-3-4-6-10-19/h7-8,11H,3-6,9-10H2,1-2H3. The zero-order chi connectivity index (χ0) is 15.2. The minimum absolute atomic E-state index is 0.0803. The molecule has 0 spiro atoms. The van der Waals surface area contributed by atoms with Gasteiger partial charge in [-0.25, -0.2) is 0 Å². The van der Waals surface area contributed by atoms with Gasteiger partial charge in [0.15, 0.2) is 5.88 Å².